The van der Waals surface area contributed by atoms with Gasteiger partial charge in [0.15, 0.2) is 17.0 Å². The van der Waals surface area contributed by atoms with Crippen molar-refractivity contribution in [1.82, 2.24) is 19.1 Å². The van der Waals surface area contributed by atoms with Crippen LogP contribution >= 0.6 is 0 Å². The third kappa shape index (κ3) is 4.35. The van der Waals surface area contributed by atoms with E-state index >= 15 is 0 Å². The molecule has 0 unspecified atom stereocenters. The molecule has 28 heavy (non-hydrogen) atoms. The zero-order valence-electron chi connectivity index (χ0n) is 17.5. The van der Waals surface area contributed by atoms with Crippen molar-refractivity contribution in [2.24, 2.45) is 7.05 Å². The van der Waals surface area contributed by atoms with Crippen LogP contribution in [0.25, 0.3) is 11.2 Å². The van der Waals surface area contributed by atoms with Crippen LogP contribution in [0.5, 0.6) is 0 Å². The lowest BCUT2D eigenvalue weighted by Crippen LogP contribution is -3.10. The van der Waals surface area contributed by atoms with Crippen LogP contribution < -0.4 is 16.1 Å². The molecule has 0 aromatic carbocycles. The fourth-order valence-corrected chi connectivity index (χ4v) is 3.63. The average molecular weight is 394 g/mol. The number of aryl methyl sites for hydroxylation is 1. The Balaban J connectivity index is 2.72. The second kappa shape index (κ2) is 9.68. The minimum Gasteiger partial charge on any atom is -0.464 e. The molecule has 2 N–H and O–H groups in total. The Morgan fingerprint density at radius 2 is 1.82 bits per heavy atom. The van der Waals surface area contributed by atoms with Gasteiger partial charge >= 0.3 is 11.7 Å². The average Bonchev–Trinajstić information content (AvgIpc) is 3.01. The van der Waals surface area contributed by atoms with E-state index in [0.29, 0.717) is 24.4 Å². The fourth-order valence-electron chi connectivity index (χ4n) is 3.63. The van der Waals surface area contributed by atoms with E-state index < -0.39 is 23.3 Å². The normalized spacial score (nSPS) is 12.6. The molecule has 0 fully saturated rings. The summed E-state index contributed by atoms with van der Waals surface area (Å²) in [6.07, 6.45) is 2.49. The Morgan fingerprint density at radius 1 is 1.18 bits per heavy atom. The van der Waals surface area contributed by atoms with E-state index in [-0.39, 0.29) is 12.1 Å². The lowest BCUT2D eigenvalue weighted by atomic mass is 10.2. The first-order valence-corrected chi connectivity index (χ1v) is 10.1. The van der Waals surface area contributed by atoms with Crippen LogP contribution in [0.1, 0.15) is 58.8 Å². The van der Waals surface area contributed by atoms with Crippen LogP contribution in [0.4, 0.5) is 0 Å². The van der Waals surface area contributed by atoms with Crippen LogP contribution in [-0.2, 0) is 23.1 Å². The second-order valence-electron chi connectivity index (χ2n) is 6.99. The molecule has 1 atom stereocenters. The summed E-state index contributed by atoms with van der Waals surface area (Å²) in [6.45, 7) is 10.6. The largest absolute Gasteiger partial charge is 0.464 e. The first-order valence-electron chi connectivity index (χ1n) is 10.1. The number of aromatic nitrogens is 4. The number of esters is 1. The molecule has 0 saturated carbocycles. The number of carbonyl (C=O) groups excluding carboxylic acids is 1. The van der Waals surface area contributed by atoms with E-state index in [1.165, 1.54) is 9.47 Å². The van der Waals surface area contributed by atoms with Gasteiger partial charge in [-0.25, -0.2) is 14.6 Å². The quantitative estimate of drug-likeness (QED) is 0.558. The van der Waals surface area contributed by atoms with E-state index in [4.69, 9.17) is 4.74 Å². The van der Waals surface area contributed by atoms with Crippen LogP contribution in [-0.4, -0.2) is 44.8 Å². The van der Waals surface area contributed by atoms with Crippen molar-refractivity contribution in [1.29, 1.82) is 0 Å². The van der Waals surface area contributed by atoms with E-state index in [1.807, 2.05) is 6.92 Å². The molecule has 0 amide bonds. The molecule has 0 aliphatic carbocycles. The van der Waals surface area contributed by atoms with Crippen molar-refractivity contribution in [3.63, 3.8) is 0 Å². The number of nitrogens with zero attached hydrogens (tertiary/aromatic N) is 3. The molecule has 0 radical (unpaired) electrons. The van der Waals surface area contributed by atoms with Crippen molar-refractivity contribution in [3.8, 4) is 0 Å². The third-order valence-corrected chi connectivity index (χ3v) is 4.90. The van der Waals surface area contributed by atoms with Crippen LogP contribution in [0, 0.1) is 0 Å². The number of H-pyrrole nitrogens is 1. The van der Waals surface area contributed by atoms with Gasteiger partial charge in [-0.05, 0) is 26.2 Å². The van der Waals surface area contributed by atoms with E-state index in [1.54, 1.807) is 18.5 Å². The summed E-state index contributed by atoms with van der Waals surface area (Å²) >= 11 is 0. The van der Waals surface area contributed by atoms with E-state index in [2.05, 4.69) is 23.8 Å². The number of hydrogen-bond acceptors (Lipinski definition) is 5. The highest BCUT2D eigenvalue weighted by atomic mass is 16.5. The predicted octanol–water partition coefficient (Wildman–Crippen LogP) is 0.142. The molecule has 9 nitrogen and oxygen atoms in total. The van der Waals surface area contributed by atoms with Crippen LogP contribution in [0.2, 0.25) is 0 Å². The molecule has 0 spiro atoms. The van der Waals surface area contributed by atoms with E-state index in [0.717, 1.165) is 25.9 Å². The van der Waals surface area contributed by atoms with Gasteiger partial charge in [0.05, 0.1) is 19.7 Å². The van der Waals surface area contributed by atoms with Gasteiger partial charge < -0.3 is 14.2 Å². The number of rotatable bonds is 10. The lowest BCUT2D eigenvalue weighted by Gasteiger charge is -2.21. The Kier molecular flexibility index (Phi) is 7.56. The summed E-state index contributed by atoms with van der Waals surface area (Å²) < 4.78 is 8.23. The number of aromatic amines is 1. The lowest BCUT2D eigenvalue weighted by molar-refractivity contribution is -0.914. The number of nitrogens with one attached hydrogen (secondary N) is 2. The van der Waals surface area contributed by atoms with Gasteiger partial charge in [-0.1, -0.05) is 20.8 Å². The minimum absolute atomic E-state index is 0.240. The molecule has 2 aromatic heterocycles. The molecule has 2 aromatic rings. The Morgan fingerprint density at radius 3 is 2.36 bits per heavy atom. The molecule has 0 saturated heterocycles. The summed E-state index contributed by atoms with van der Waals surface area (Å²) in [5, 5.41) is 0. The molecule has 156 valence electrons. The van der Waals surface area contributed by atoms with Gasteiger partial charge in [0, 0.05) is 7.05 Å². The van der Waals surface area contributed by atoms with Crippen LogP contribution in [0.3, 0.4) is 0 Å². The summed E-state index contributed by atoms with van der Waals surface area (Å²) in [4.78, 5) is 45.6. The summed E-state index contributed by atoms with van der Waals surface area (Å²) in [5.74, 6) is 0.227. The Bertz CT molecular complexity index is 921. The van der Waals surface area contributed by atoms with Gasteiger partial charge in [-0.3, -0.25) is 14.3 Å². The monoisotopic (exact) mass is 394 g/mol. The molecular formula is C19H32N5O4+. The highest BCUT2D eigenvalue weighted by Crippen LogP contribution is 2.21. The van der Waals surface area contributed by atoms with Crippen LogP contribution in [0.15, 0.2) is 9.59 Å². The fraction of sp³-hybridized carbons (Fsp3) is 0.684. The number of fused-ring (bicyclic) bond motifs is 1. The number of quaternary nitrogens is 1. The number of imidazole rings is 1. The first kappa shape index (κ1) is 21.9. The summed E-state index contributed by atoms with van der Waals surface area (Å²) in [6, 6.07) is -0.664. The topological polar surface area (TPSA) is 103 Å². The zero-order valence-corrected chi connectivity index (χ0v) is 17.5. The highest BCUT2D eigenvalue weighted by Gasteiger charge is 2.29. The molecule has 0 aliphatic rings. The smallest absolute Gasteiger partial charge is 0.329 e. The zero-order chi connectivity index (χ0) is 20.8. The maximum atomic E-state index is 12.6. The summed E-state index contributed by atoms with van der Waals surface area (Å²) in [5.41, 5.74) is -0.528. The van der Waals surface area contributed by atoms with Crippen molar-refractivity contribution < 1.29 is 14.4 Å². The standard InChI is InChI=1S/C19H31N5O4/c1-6-10-23(11-7-2)12-14-20-16-15(17(25)21-19(27)22(16)5)24(14)13(8-3)18(26)28-9-4/h13H,6-12H2,1-5H3,(H,21,25,27)/p+1/t13-/m1/s1. The highest BCUT2D eigenvalue weighted by molar-refractivity contribution is 5.79. The second-order valence-corrected chi connectivity index (χ2v) is 6.99. The van der Waals surface area contributed by atoms with Crippen molar-refractivity contribution >= 4 is 17.1 Å². The van der Waals surface area contributed by atoms with Gasteiger partial charge in [0.2, 0.25) is 0 Å². The molecule has 0 aliphatic heterocycles. The van der Waals surface area contributed by atoms with Crippen molar-refractivity contribution in [2.45, 2.75) is 59.5 Å². The van der Waals surface area contributed by atoms with Gasteiger partial charge in [-0.2, -0.15) is 0 Å². The van der Waals surface area contributed by atoms with Gasteiger partial charge in [0.1, 0.15) is 12.6 Å². The van der Waals surface area contributed by atoms with E-state index in [9.17, 15) is 14.4 Å². The van der Waals surface area contributed by atoms with Gasteiger partial charge in [-0.15, -0.1) is 0 Å². The van der Waals surface area contributed by atoms with Crippen molar-refractivity contribution in [2.75, 3.05) is 19.7 Å². The molecule has 9 heteroatoms. The molecule has 0 bridgehead atoms. The van der Waals surface area contributed by atoms with Gasteiger partial charge in [0.25, 0.3) is 5.56 Å². The minimum atomic E-state index is -0.664. The first-order chi connectivity index (χ1) is 13.4. The molecule has 2 rings (SSSR count). The molecular weight excluding hydrogens is 362 g/mol. The summed E-state index contributed by atoms with van der Waals surface area (Å²) in [7, 11) is 1.57. The van der Waals surface area contributed by atoms with Crippen molar-refractivity contribution in [3.05, 3.63) is 26.7 Å². The predicted molar refractivity (Wildman–Crippen MR) is 107 cm³/mol. The Labute approximate surface area is 164 Å². The Hall–Kier alpha value is -2.42. The third-order valence-electron chi connectivity index (χ3n) is 4.90. The molecule has 2 heterocycles. The number of hydrogen-bond donors (Lipinski definition) is 2. The number of ether oxygens (including phenoxy) is 1. The maximum absolute atomic E-state index is 12.6. The number of carbonyl (C=O) groups is 1. The maximum Gasteiger partial charge on any atom is 0.329 e. The SMILES string of the molecule is CCC[NH+](CCC)Cc1nc2c(c(=O)[nH]c(=O)n2C)n1[C@H](CC)C(=O)OCC.